The summed E-state index contributed by atoms with van der Waals surface area (Å²) in [7, 11) is 1.45. The van der Waals surface area contributed by atoms with Crippen LogP contribution in [-0.2, 0) is 0 Å². The molecule has 3 nitrogen and oxygen atoms in total. The average Bonchev–Trinajstić information content (AvgIpc) is 2.40. The Morgan fingerprint density at radius 3 is 2.83 bits per heavy atom. The van der Waals surface area contributed by atoms with E-state index in [9.17, 15) is 9.18 Å². The molecule has 18 heavy (non-hydrogen) atoms. The Morgan fingerprint density at radius 1 is 1.39 bits per heavy atom. The predicted molar refractivity (Wildman–Crippen MR) is 66.6 cm³/mol. The van der Waals surface area contributed by atoms with Crippen LogP contribution < -0.4 is 4.74 Å². The maximum absolute atomic E-state index is 13.7. The monoisotopic (exact) mass is 265 g/mol. The lowest BCUT2D eigenvalue weighted by molar-refractivity contribution is 0.112. The Labute approximate surface area is 108 Å². The van der Waals surface area contributed by atoms with Crippen molar-refractivity contribution in [3.05, 3.63) is 46.9 Å². The second kappa shape index (κ2) is 5.14. The van der Waals surface area contributed by atoms with Gasteiger partial charge in [0.05, 0.1) is 18.3 Å². The van der Waals surface area contributed by atoms with E-state index < -0.39 is 5.82 Å². The van der Waals surface area contributed by atoms with Crippen molar-refractivity contribution < 1.29 is 13.9 Å². The molecule has 1 heterocycles. The predicted octanol–water partition coefficient (Wildman–Crippen LogP) is 3.36. The Kier molecular flexibility index (Phi) is 3.58. The first kappa shape index (κ1) is 12.5. The summed E-state index contributed by atoms with van der Waals surface area (Å²) in [5.41, 5.74) is 1.16. The van der Waals surface area contributed by atoms with Crippen LogP contribution in [0, 0.1) is 5.82 Å². The molecule has 0 N–H and O–H groups in total. The molecule has 0 bridgehead atoms. The van der Waals surface area contributed by atoms with E-state index in [4.69, 9.17) is 16.3 Å². The smallest absolute Gasteiger partial charge is 0.213 e. The summed E-state index contributed by atoms with van der Waals surface area (Å²) in [5, 5.41) is 0.329. The van der Waals surface area contributed by atoms with Crippen LogP contribution in [0.2, 0.25) is 5.02 Å². The van der Waals surface area contributed by atoms with Crippen LogP contribution in [0.5, 0.6) is 5.88 Å². The van der Waals surface area contributed by atoms with E-state index in [2.05, 4.69) is 4.98 Å². The summed E-state index contributed by atoms with van der Waals surface area (Å²) < 4.78 is 18.6. The number of halogens is 2. The number of aldehydes is 1. The fourth-order valence-corrected chi connectivity index (χ4v) is 1.72. The van der Waals surface area contributed by atoms with E-state index in [1.54, 1.807) is 12.1 Å². The van der Waals surface area contributed by atoms with E-state index >= 15 is 0 Å². The third kappa shape index (κ3) is 2.33. The highest BCUT2D eigenvalue weighted by molar-refractivity contribution is 6.33. The molecule has 0 aliphatic rings. The van der Waals surface area contributed by atoms with Gasteiger partial charge in [0.15, 0.2) is 6.29 Å². The normalized spacial score (nSPS) is 10.2. The number of pyridine rings is 1. The van der Waals surface area contributed by atoms with Gasteiger partial charge in [0.25, 0.3) is 0 Å². The molecule has 0 saturated heterocycles. The van der Waals surface area contributed by atoms with E-state index in [0.29, 0.717) is 33.9 Å². The Balaban J connectivity index is 2.57. The molecule has 0 radical (unpaired) electrons. The zero-order chi connectivity index (χ0) is 13.1. The van der Waals surface area contributed by atoms with Gasteiger partial charge in [-0.3, -0.25) is 4.79 Å². The van der Waals surface area contributed by atoms with Crippen molar-refractivity contribution in [2.24, 2.45) is 0 Å². The van der Waals surface area contributed by atoms with Crippen molar-refractivity contribution in [2.45, 2.75) is 0 Å². The Morgan fingerprint density at radius 2 is 2.17 bits per heavy atom. The molecule has 1 aromatic carbocycles. The number of hydrogen-bond donors (Lipinski definition) is 0. The van der Waals surface area contributed by atoms with Gasteiger partial charge >= 0.3 is 0 Å². The number of methoxy groups -OCH3 is 1. The fourth-order valence-electron chi connectivity index (χ4n) is 1.55. The molecule has 2 rings (SSSR count). The lowest BCUT2D eigenvalue weighted by Gasteiger charge is -2.07. The number of benzene rings is 1. The molecule has 1 aromatic heterocycles. The molecule has 0 aliphatic heterocycles. The van der Waals surface area contributed by atoms with Crippen molar-refractivity contribution in [2.75, 3.05) is 7.11 Å². The number of rotatable bonds is 3. The number of aromatic nitrogens is 1. The van der Waals surface area contributed by atoms with Crippen molar-refractivity contribution in [1.29, 1.82) is 0 Å². The van der Waals surface area contributed by atoms with Crippen LogP contribution in [0.4, 0.5) is 4.39 Å². The molecular formula is C13H9ClFNO2. The van der Waals surface area contributed by atoms with Crippen LogP contribution in [-0.4, -0.2) is 18.4 Å². The third-order valence-corrected chi connectivity index (χ3v) is 2.82. The molecule has 0 amide bonds. The minimum Gasteiger partial charge on any atom is -0.481 e. The van der Waals surface area contributed by atoms with Crippen LogP contribution in [0.1, 0.15) is 10.4 Å². The third-order valence-electron chi connectivity index (χ3n) is 2.47. The van der Waals surface area contributed by atoms with Gasteiger partial charge in [0, 0.05) is 17.2 Å². The van der Waals surface area contributed by atoms with Gasteiger partial charge in [-0.2, -0.15) is 0 Å². The minimum atomic E-state index is -0.491. The number of nitrogens with zero attached hydrogens (tertiary/aromatic N) is 1. The maximum Gasteiger partial charge on any atom is 0.213 e. The van der Waals surface area contributed by atoms with Gasteiger partial charge in [-0.05, 0) is 17.7 Å². The standard InChI is InChI=1S/C13H9ClFNO2/c1-18-13-5-10(12(15)6-16-13)8-2-3-11(14)9(4-8)7-17/h2-7H,1H3. The molecule has 0 saturated carbocycles. The highest BCUT2D eigenvalue weighted by Crippen LogP contribution is 2.28. The summed E-state index contributed by atoms with van der Waals surface area (Å²) in [6.07, 6.45) is 1.70. The summed E-state index contributed by atoms with van der Waals surface area (Å²) in [6, 6.07) is 6.17. The summed E-state index contributed by atoms with van der Waals surface area (Å²) in [6.45, 7) is 0. The molecule has 0 atom stereocenters. The molecule has 0 unspecified atom stereocenters. The summed E-state index contributed by atoms with van der Waals surface area (Å²) >= 11 is 5.82. The second-order valence-electron chi connectivity index (χ2n) is 3.56. The molecule has 0 spiro atoms. The SMILES string of the molecule is COc1cc(-c2ccc(Cl)c(C=O)c2)c(F)cn1. The first-order valence-electron chi connectivity index (χ1n) is 5.10. The maximum atomic E-state index is 13.7. The largest absolute Gasteiger partial charge is 0.481 e. The molecule has 5 heteroatoms. The number of carbonyl (C=O) groups is 1. The number of carbonyl (C=O) groups excluding carboxylic acids is 1. The Bertz CT molecular complexity index is 602. The topological polar surface area (TPSA) is 39.2 Å². The molecule has 0 fully saturated rings. The number of ether oxygens (including phenoxy) is 1. The molecule has 2 aromatic rings. The van der Waals surface area contributed by atoms with Crippen LogP contribution in [0.3, 0.4) is 0 Å². The molecular weight excluding hydrogens is 257 g/mol. The second-order valence-corrected chi connectivity index (χ2v) is 3.97. The highest BCUT2D eigenvalue weighted by Gasteiger charge is 2.10. The van der Waals surface area contributed by atoms with E-state index in [1.165, 1.54) is 19.2 Å². The van der Waals surface area contributed by atoms with Gasteiger partial charge in [0.2, 0.25) is 5.88 Å². The zero-order valence-corrected chi connectivity index (χ0v) is 10.2. The Hall–Kier alpha value is -1.94. The molecule has 0 aliphatic carbocycles. The van der Waals surface area contributed by atoms with Crippen molar-refractivity contribution in [1.82, 2.24) is 4.98 Å². The van der Waals surface area contributed by atoms with Gasteiger partial charge in [-0.25, -0.2) is 9.37 Å². The quantitative estimate of drug-likeness (QED) is 0.799. The molecule has 92 valence electrons. The van der Waals surface area contributed by atoms with Gasteiger partial charge in [0.1, 0.15) is 5.82 Å². The van der Waals surface area contributed by atoms with Gasteiger partial charge < -0.3 is 4.74 Å². The van der Waals surface area contributed by atoms with Crippen molar-refractivity contribution in [3.63, 3.8) is 0 Å². The highest BCUT2D eigenvalue weighted by atomic mass is 35.5. The van der Waals surface area contributed by atoms with Crippen molar-refractivity contribution in [3.8, 4) is 17.0 Å². The zero-order valence-electron chi connectivity index (χ0n) is 9.48. The summed E-state index contributed by atoms with van der Waals surface area (Å²) in [5.74, 6) is -0.191. The minimum absolute atomic E-state index is 0.300. The van der Waals surface area contributed by atoms with Crippen molar-refractivity contribution >= 4 is 17.9 Å². The summed E-state index contributed by atoms with van der Waals surface area (Å²) in [4.78, 5) is 14.6. The number of hydrogen-bond acceptors (Lipinski definition) is 3. The van der Waals surface area contributed by atoms with E-state index in [0.717, 1.165) is 6.20 Å². The van der Waals surface area contributed by atoms with Gasteiger partial charge in [-0.15, -0.1) is 0 Å². The fraction of sp³-hybridized carbons (Fsp3) is 0.0769. The first-order chi connectivity index (χ1) is 8.65. The van der Waals surface area contributed by atoms with E-state index in [1.807, 2.05) is 0 Å². The first-order valence-corrected chi connectivity index (χ1v) is 5.48. The lowest BCUT2D eigenvalue weighted by Crippen LogP contribution is -1.93. The van der Waals surface area contributed by atoms with Crippen LogP contribution in [0.25, 0.3) is 11.1 Å². The van der Waals surface area contributed by atoms with E-state index in [-0.39, 0.29) is 0 Å². The van der Waals surface area contributed by atoms with Gasteiger partial charge in [-0.1, -0.05) is 17.7 Å². The average molecular weight is 266 g/mol. The van der Waals surface area contributed by atoms with Crippen LogP contribution >= 0.6 is 11.6 Å². The lowest BCUT2D eigenvalue weighted by atomic mass is 10.0. The van der Waals surface area contributed by atoms with Crippen LogP contribution in [0.15, 0.2) is 30.5 Å².